The van der Waals surface area contributed by atoms with Crippen LogP contribution in [-0.2, 0) is 32.3 Å². The first-order valence-corrected chi connectivity index (χ1v) is 13.2. The van der Waals surface area contributed by atoms with E-state index in [0.29, 0.717) is 44.3 Å². The maximum absolute atomic E-state index is 13.8. The number of terminal acetylenes is 1. The summed E-state index contributed by atoms with van der Waals surface area (Å²) in [6.07, 6.45) is 11.0. The lowest BCUT2D eigenvalue weighted by atomic mass is 9.99. The zero-order valence-corrected chi connectivity index (χ0v) is 20.8. The van der Waals surface area contributed by atoms with Crippen molar-refractivity contribution in [1.82, 2.24) is 4.98 Å². The van der Waals surface area contributed by atoms with E-state index in [0.717, 1.165) is 30.5 Å². The molecule has 0 spiro atoms. The van der Waals surface area contributed by atoms with Crippen LogP contribution in [0, 0.1) is 18.3 Å². The van der Waals surface area contributed by atoms with Crippen LogP contribution < -0.4 is 9.04 Å². The highest BCUT2D eigenvalue weighted by Gasteiger charge is 2.36. The van der Waals surface area contributed by atoms with Crippen molar-refractivity contribution in [3.63, 3.8) is 0 Å². The zero-order valence-electron chi connectivity index (χ0n) is 20.0. The SMILES string of the molecule is C#C[C@H]1CCc2cc(CC)ncc2N1S(=O)(=O)c1ccc(OCC2CCOCC2)c(C(=O)OC)c1. The Kier molecular flexibility index (Phi) is 7.63. The lowest BCUT2D eigenvalue weighted by Gasteiger charge is -2.35. The molecule has 0 aliphatic carbocycles. The number of anilines is 1. The maximum atomic E-state index is 13.8. The molecule has 1 saturated heterocycles. The summed E-state index contributed by atoms with van der Waals surface area (Å²) < 4.78 is 45.2. The maximum Gasteiger partial charge on any atom is 0.341 e. The van der Waals surface area contributed by atoms with Crippen molar-refractivity contribution in [3.8, 4) is 18.1 Å². The molecular weight excluding hydrogens is 468 g/mol. The van der Waals surface area contributed by atoms with Crippen molar-refractivity contribution in [1.29, 1.82) is 0 Å². The Labute approximate surface area is 206 Å². The summed E-state index contributed by atoms with van der Waals surface area (Å²) in [7, 11) is -2.85. The Bertz CT molecular complexity index is 1230. The monoisotopic (exact) mass is 498 g/mol. The number of hydrogen-bond donors (Lipinski definition) is 0. The molecule has 8 nitrogen and oxygen atoms in total. The van der Waals surface area contributed by atoms with Crippen molar-refractivity contribution < 1.29 is 27.4 Å². The van der Waals surface area contributed by atoms with Crippen LogP contribution in [0.3, 0.4) is 0 Å². The highest BCUT2D eigenvalue weighted by Crippen LogP contribution is 2.36. The molecule has 2 aromatic rings. The second-order valence-electron chi connectivity index (χ2n) is 8.70. The number of hydrogen-bond acceptors (Lipinski definition) is 7. The van der Waals surface area contributed by atoms with Crippen LogP contribution in [-0.4, -0.2) is 52.3 Å². The highest BCUT2D eigenvalue weighted by atomic mass is 32.2. The molecule has 2 aliphatic heterocycles. The largest absolute Gasteiger partial charge is 0.492 e. The van der Waals surface area contributed by atoms with Crippen LogP contribution >= 0.6 is 0 Å². The van der Waals surface area contributed by atoms with Crippen molar-refractivity contribution in [2.45, 2.75) is 50.0 Å². The number of nitrogens with zero attached hydrogens (tertiary/aromatic N) is 2. The van der Waals surface area contributed by atoms with Crippen LogP contribution in [0.25, 0.3) is 0 Å². The number of rotatable bonds is 7. The average molecular weight is 499 g/mol. The summed E-state index contributed by atoms with van der Waals surface area (Å²) in [4.78, 5) is 16.9. The van der Waals surface area contributed by atoms with Gasteiger partial charge in [-0.3, -0.25) is 4.98 Å². The summed E-state index contributed by atoms with van der Waals surface area (Å²) in [5.41, 5.74) is 2.29. The molecule has 1 aromatic heterocycles. The van der Waals surface area contributed by atoms with E-state index >= 15 is 0 Å². The number of benzene rings is 1. The number of carbonyl (C=O) groups excluding carboxylic acids is 1. The van der Waals surface area contributed by atoms with Gasteiger partial charge in [-0.15, -0.1) is 6.42 Å². The molecule has 186 valence electrons. The minimum absolute atomic E-state index is 0.0505. The van der Waals surface area contributed by atoms with E-state index in [2.05, 4.69) is 10.9 Å². The number of aryl methyl sites for hydroxylation is 2. The van der Waals surface area contributed by atoms with Gasteiger partial charge < -0.3 is 14.2 Å². The first-order valence-electron chi connectivity index (χ1n) is 11.8. The molecule has 1 fully saturated rings. The van der Waals surface area contributed by atoms with E-state index in [-0.39, 0.29) is 16.2 Å². The summed E-state index contributed by atoms with van der Waals surface area (Å²) in [5.74, 6) is 2.52. The molecule has 0 bridgehead atoms. The molecule has 0 amide bonds. The Morgan fingerprint density at radius 3 is 2.71 bits per heavy atom. The van der Waals surface area contributed by atoms with Gasteiger partial charge in [-0.1, -0.05) is 12.8 Å². The van der Waals surface area contributed by atoms with Gasteiger partial charge in [0.2, 0.25) is 0 Å². The molecule has 9 heteroatoms. The summed E-state index contributed by atoms with van der Waals surface area (Å²) in [6.45, 7) is 3.76. The van der Waals surface area contributed by atoms with Crippen molar-refractivity contribution >= 4 is 21.7 Å². The quantitative estimate of drug-likeness (QED) is 0.427. The van der Waals surface area contributed by atoms with E-state index in [4.69, 9.17) is 20.6 Å². The minimum atomic E-state index is -4.10. The fourth-order valence-corrected chi connectivity index (χ4v) is 6.11. The first kappa shape index (κ1) is 25.0. The molecule has 4 rings (SSSR count). The first-order chi connectivity index (χ1) is 16.9. The molecule has 0 saturated carbocycles. The molecule has 1 atom stereocenters. The number of fused-ring (bicyclic) bond motifs is 1. The molecule has 0 N–H and O–H groups in total. The molecule has 2 aliphatic rings. The van der Waals surface area contributed by atoms with Gasteiger partial charge in [0.1, 0.15) is 17.4 Å². The van der Waals surface area contributed by atoms with E-state index in [9.17, 15) is 13.2 Å². The van der Waals surface area contributed by atoms with Crippen LogP contribution in [0.5, 0.6) is 5.75 Å². The van der Waals surface area contributed by atoms with E-state index in [1.807, 2.05) is 13.0 Å². The van der Waals surface area contributed by atoms with E-state index < -0.39 is 22.0 Å². The predicted molar refractivity (Wildman–Crippen MR) is 131 cm³/mol. The van der Waals surface area contributed by atoms with Gasteiger partial charge >= 0.3 is 5.97 Å². The molecule has 35 heavy (non-hydrogen) atoms. The smallest absolute Gasteiger partial charge is 0.341 e. The van der Waals surface area contributed by atoms with E-state index in [1.165, 1.54) is 29.6 Å². The van der Waals surface area contributed by atoms with Crippen molar-refractivity contribution in [2.24, 2.45) is 5.92 Å². The van der Waals surface area contributed by atoms with Crippen LogP contribution in [0.1, 0.15) is 47.8 Å². The fraction of sp³-hybridized carbons (Fsp3) is 0.462. The van der Waals surface area contributed by atoms with E-state index in [1.54, 1.807) is 6.20 Å². The molecule has 0 unspecified atom stereocenters. The van der Waals surface area contributed by atoms with Crippen LogP contribution in [0.15, 0.2) is 35.4 Å². The highest BCUT2D eigenvalue weighted by molar-refractivity contribution is 7.92. The molecule has 3 heterocycles. The molecule has 1 aromatic carbocycles. The normalized spacial score (nSPS) is 18.4. The Morgan fingerprint density at radius 1 is 1.26 bits per heavy atom. The van der Waals surface area contributed by atoms with Gasteiger partial charge in [0.05, 0.1) is 30.5 Å². The second-order valence-corrected chi connectivity index (χ2v) is 10.5. The lowest BCUT2D eigenvalue weighted by molar-refractivity contribution is 0.0483. The third kappa shape index (κ3) is 5.14. The second kappa shape index (κ2) is 10.7. The van der Waals surface area contributed by atoms with Crippen molar-refractivity contribution in [2.75, 3.05) is 31.2 Å². The summed E-state index contributed by atoms with van der Waals surface area (Å²) >= 11 is 0. The average Bonchev–Trinajstić information content (AvgIpc) is 2.90. The van der Waals surface area contributed by atoms with Crippen LogP contribution in [0.4, 0.5) is 5.69 Å². The molecule has 0 radical (unpaired) electrons. The zero-order chi connectivity index (χ0) is 25.0. The Balaban J connectivity index is 1.70. The number of esters is 1. The standard InChI is InChI=1S/C26H30N2O6S/c1-4-20-14-19-6-7-21(5-2)28(24(19)16-27-20)35(30,31)22-8-9-25(23(15-22)26(29)32-3)34-17-18-10-12-33-13-11-18/h2,8-9,14-16,18,21H,4,6-7,10-13,17H2,1,3H3/t21-/m0/s1. The van der Waals surface area contributed by atoms with Gasteiger partial charge in [-0.05, 0) is 67.9 Å². The number of ether oxygens (including phenoxy) is 3. The Morgan fingerprint density at radius 2 is 2.03 bits per heavy atom. The van der Waals surface area contributed by atoms with Gasteiger partial charge in [0.15, 0.2) is 0 Å². The van der Waals surface area contributed by atoms with Gasteiger partial charge in [0, 0.05) is 18.9 Å². The minimum Gasteiger partial charge on any atom is -0.492 e. The third-order valence-electron chi connectivity index (χ3n) is 6.51. The number of aromatic nitrogens is 1. The topological polar surface area (TPSA) is 95.0 Å². The summed E-state index contributed by atoms with van der Waals surface area (Å²) in [6, 6.07) is 5.52. The number of sulfonamides is 1. The number of carbonyl (C=O) groups is 1. The molecular formula is C26H30N2O6S. The number of methoxy groups -OCH3 is 1. The third-order valence-corrected chi connectivity index (χ3v) is 8.33. The Hall–Kier alpha value is -3.09. The number of pyridine rings is 1. The fourth-order valence-electron chi connectivity index (χ4n) is 4.46. The predicted octanol–water partition coefficient (Wildman–Crippen LogP) is 3.38. The lowest BCUT2D eigenvalue weighted by Crippen LogP contribution is -2.43. The summed E-state index contributed by atoms with van der Waals surface area (Å²) in [5, 5.41) is 0. The van der Waals surface area contributed by atoms with Gasteiger partial charge in [-0.2, -0.15) is 0 Å². The van der Waals surface area contributed by atoms with Gasteiger partial charge in [-0.25, -0.2) is 17.5 Å². The van der Waals surface area contributed by atoms with Crippen LogP contribution in [0.2, 0.25) is 0 Å². The van der Waals surface area contributed by atoms with Gasteiger partial charge in [0.25, 0.3) is 10.0 Å². The van der Waals surface area contributed by atoms with Crippen molar-refractivity contribution in [3.05, 3.63) is 47.3 Å².